The minimum absolute atomic E-state index is 0.0545. The van der Waals surface area contributed by atoms with E-state index in [1.165, 1.54) is 16.2 Å². The lowest BCUT2D eigenvalue weighted by atomic mass is 10.2. The van der Waals surface area contributed by atoms with Crippen molar-refractivity contribution in [3.63, 3.8) is 0 Å². The minimum Gasteiger partial charge on any atom is -0.376 e. The highest BCUT2D eigenvalue weighted by atomic mass is 32.1. The Morgan fingerprint density at radius 1 is 1.48 bits per heavy atom. The third-order valence-corrected chi connectivity index (χ3v) is 4.43. The molecule has 4 nitrogen and oxygen atoms in total. The molecule has 0 unspecified atom stereocenters. The maximum Gasteiger partial charge on any atom is 0.275 e. The van der Waals surface area contributed by atoms with Crippen molar-refractivity contribution in [2.24, 2.45) is 0 Å². The van der Waals surface area contributed by atoms with Crippen LogP contribution in [0.2, 0.25) is 0 Å². The zero-order valence-electron chi connectivity index (χ0n) is 12.4. The molecule has 0 aliphatic carbocycles. The van der Waals surface area contributed by atoms with E-state index in [4.69, 9.17) is 4.74 Å². The molecule has 0 saturated carbocycles. The van der Waals surface area contributed by atoms with Crippen molar-refractivity contribution in [3.05, 3.63) is 52.0 Å². The first kappa shape index (κ1) is 16.0. The third kappa shape index (κ3) is 3.92. The number of pyridine rings is 1. The van der Waals surface area contributed by atoms with E-state index in [0.29, 0.717) is 25.8 Å². The number of halogens is 2. The first-order valence-corrected chi connectivity index (χ1v) is 8.31. The van der Waals surface area contributed by atoms with Crippen LogP contribution < -0.4 is 0 Å². The Bertz CT molecular complexity index is 673. The molecule has 3 heterocycles. The summed E-state index contributed by atoms with van der Waals surface area (Å²) >= 11 is 1.53. The summed E-state index contributed by atoms with van der Waals surface area (Å²) in [5.41, 5.74) is 0.600. The molecule has 1 amide bonds. The molecule has 0 radical (unpaired) electrons. The molecule has 1 fully saturated rings. The molecule has 0 aromatic carbocycles. The fourth-order valence-electron chi connectivity index (χ4n) is 2.58. The van der Waals surface area contributed by atoms with Crippen molar-refractivity contribution in [1.82, 2.24) is 9.88 Å². The Labute approximate surface area is 136 Å². The van der Waals surface area contributed by atoms with Gasteiger partial charge in [-0.05, 0) is 35.2 Å². The van der Waals surface area contributed by atoms with Crippen LogP contribution in [-0.2, 0) is 11.3 Å². The van der Waals surface area contributed by atoms with E-state index in [-0.39, 0.29) is 11.8 Å². The van der Waals surface area contributed by atoms with Crippen molar-refractivity contribution in [2.45, 2.75) is 25.5 Å². The van der Waals surface area contributed by atoms with Gasteiger partial charge in [0.15, 0.2) is 11.5 Å². The average Bonchev–Trinajstić information content (AvgIpc) is 3.19. The summed E-state index contributed by atoms with van der Waals surface area (Å²) in [5.74, 6) is -2.30. The Kier molecular flexibility index (Phi) is 4.97. The predicted octanol–water partition coefficient (Wildman–Crippen LogP) is 3.24. The highest BCUT2D eigenvalue weighted by Gasteiger charge is 2.26. The Hall–Kier alpha value is -1.86. The molecule has 2 aromatic heterocycles. The monoisotopic (exact) mass is 338 g/mol. The highest BCUT2D eigenvalue weighted by molar-refractivity contribution is 7.07. The second kappa shape index (κ2) is 7.14. The number of rotatable bonds is 5. The van der Waals surface area contributed by atoms with Gasteiger partial charge in [0, 0.05) is 25.8 Å². The summed E-state index contributed by atoms with van der Waals surface area (Å²) in [4.78, 5) is 17.8. The van der Waals surface area contributed by atoms with Gasteiger partial charge in [0.1, 0.15) is 5.82 Å². The van der Waals surface area contributed by atoms with Gasteiger partial charge in [0.05, 0.1) is 12.3 Å². The highest BCUT2D eigenvalue weighted by Crippen LogP contribution is 2.19. The number of amides is 1. The van der Waals surface area contributed by atoms with Crippen LogP contribution in [0.3, 0.4) is 0 Å². The summed E-state index contributed by atoms with van der Waals surface area (Å²) in [6, 6.07) is 2.59. The Balaban J connectivity index is 1.81. The van der Waals surface area contributed by atoms with Gasteiger partial charge in [-0.2, -0.15) is 11.3 Å². The number of carbonyl (C=O) groups excluding carboxylic acids is 1. The number of nitrogens with zero attached hydrogens (tertiary/aromatic N) is 2. The Morgan fingerprint density at radius 2 is 2.35 bits per heavy atom. The molecular formula is C16H16F2N2O2S. The number of carbonyl (C=O) groups is 1. The molecule has 1 aliphatic rings. The molecule has 7 heteroatoms. The van der Waals surface area contributed by atoms with Gasteiger partial charge in [-0.25, -0.2) is 13.8 Å². The molecule has 122 valence electrons. The molecule has 3 rings (SSSR count). The number of aromatic nitrogens is 1. The van der Waals surface area contributed by atoms with Gasteiger partial charge in [0.2, 0.25) is 0 Å². The second-order valence-corrected chi connectivity index (χ2v) is 6.22. The topological polar surface area (TPSA) is 42.4 Å². The first-order chi connectivity index (χ1) is 11.1. The predicted molar refractivity (Wildman–Crippen MR) is 82.2 cm³/mol. The van der Waals surface area contributed by atoms with Crippen LogP contribution in [0.1, 0.15) is 28.9 Å². The minimum atomic E-state index is -0.947. The van der Waals surface area contributed by atoms with Crippen LogP contribution in [0.15, 0.2) is 29.1 Å². The molecule has 1 atom stereocenters. The zero-order valence-corrected chi connectivity index (χ0v) is 13.2. The van der Waals surface area contributed by atoms with Crippen molar-refractivity contribution >= 4 is 17.2 Å². The van der Waals surface area contributed by atoms with Crippen LogP contribution in [0.4, 0.5) is 8.78 Å². The van der Waals surface area contributed by atoms with Crippen molar-refractivity contribution < 1.29 is 18.3 Å². The molecular weight excluding hydrogens is 322 g/mol. The maximum atomic E-state index is 13.9. The third-order valence-electron chi connectivity index (χ3n) is 3.70. The van der Waals surface area contributed by atoms with Gasteiger partial charge in [-0.1, -0.05) is 0 Å². The standard InChI is InChI=1S/C16H16F2N2O2S/c17-12-6-14(18)15(19-7-12)16(21)20(8-11-3-5-23-10-11)9-13-2-1-4-22-13/h3,5-7,10,13H,1-2,4,8-9H2/t13-/m0/s1. The van der Waals surface area contributed by atoms with Crippen LogP contribution in [-0.4, -0.2) is 35.0 Å². The number of hydrogen-bond acceptors (Lipinski definition) is 4. The average molecular weight is 338 g/mol. The van der Waals surface area contributed by atoms with Crippen LogP contribution in [0.25, 0.3) is 0 Å². The largest absolute Gasteiger partial charge is 0.376 e. The fourth-order valence-corrected chi connectivity index (χ4v) is 3.24. The van der Waals surface area contributed by atoms with Gasteiger partial charge < -0.3 is 9.64 Å². The molecule has 1 aliphatic heterocycles. The molecule has 0 N–H and O–H groups in total. The maximum absolute atomic E-state index is 13.9. The van der Waals surface area contributed by atoms with E-state index in [1.54, 1.807) is 0 Å². The van der Waals surface area contributed by atoms with Crippen molar-refractivity contribution in [1.29, 1.82) is 0 Å². The lowest BCUT2D eigenvalue weighted by molar-refractivity contribution is 0.0499. The summed E-state index contributed by atoms with van der Waals surface area (Å²) in [5, 5.41) is 3.85. The lowest BCUT2D eigenvalue weighted by Gasteiger charge is -2.25. The summed E-state index contributed by atoms with van der Waals surface area (Å²) in [6.45, 7) is 1.39. The van der Waals surface area contributed by atoms with E-state index >= 15 is 0 Å². The molecule has 0 bridgehead atoms. The van der Waals surface area contributed by atoms with Gasteiger partial charge in [-0.15, -0.1) is 0 Å². The smallest absolute Gasteiger partial charge is 0.275 e. The molecule has 2 aromatic rings. The second-order valence-electron chi connectivity index (χ2n) is 5.44. The molecule has 23 heavy (non-hydrogen) atoms. The van der Waals surface area contributed by atoms with E-state index in [2.05, 4.69) is 4.98 Å². The van der Waals surface area contributed by atoms with Crippen LogP contribution in [0.5, 0.6) is 0 Å². The Morgan fingerprint density at radius 3 is 3.00 bits per heavy atom. The van der Waals surface area contributed by atoms with E-state index < -0.39 is 17.5 Å². The first-order valence-electron chi connectivity index (χ1n) is 7.36. The van der Waals surface area contributed by atoms with Gasteiger partial charge in [-0.3, -0.25) is 4.79 Å². The van der Waals surface area contributed by atoms with Gasteiger partial charge in [0.25, 0.3) is 5.91 Å². The van der Waals surface area contributed by atoms with Gasteiger partial charge >= 0.3 is 0 Å². The summed E-state index contributed by atoms with van der Waals surface area (Å²) in [6.07, 6.45) is 2.62. The number of thiophene rings is 1. The van der Waals surface area contributed by atoms with Crippen molar-refractivity contribution in [3.8, 4) is 0 Å². The normalized spacial score (nSPS) is 17.4. The lowest BCUT2D eigenvalue weighted by Crippen LogP contribution is -2.37. The number of ether oxygens (including phenoxy) is 1. The van der Waals surface area contributed by atoms with E-state index in [9.17, 15) is 13.6 Å². The fraction of sp³-hybridized carbons (Fsp3) is 0.375. The zero-order chi connectivity index (χ0) is 16.2. The SMILES string of the molecule is O=C(c1ncc(F)cc1F)N(Cc1ccsc1)C[C@@H]1CCCO1. The number of hydrogen-bond donors (Lipinski definition) is 0. The van der Waals surface area contributed by atoms with Crippen LogP contribution >= 0.6 is 11.3 Å². The van der Waals surface area contributed by atoms with E-state index in [1.807, 2.05) is 16.8 Å². The molecule has 1 saturated heterocycles. The van der Waals surface area contributed by atoms with Crippen LogP contribution in [0, 0.1) is 11.6 Å². The summed E-state index contributed by atoms with van der Waals surface area (Å²) < 4.78 is 32.4. The van der Waals surface area contributed by atoms with E-state index in [0.717, 1.165) is 24.6 Å². The molecule has 0 spiro atoms. The summed E-state index contributed by atoms with van der Waals surface area (Å²) in [7, 11) is 0. The van der Waals surface area contributed by atoms with Crippen molar-refractivity contribution in [2.75, 3.05) is 13.2 Å². The quantitative estimate of drug-likeness (QED) is 0.840.